The largest absolute Gasteiger partial charge is 0.434 e. The third-order valence-corrected chi connectivity index (χ3v) is 10.3. The number of ether oxygens (including phenoxy) is 1. The van der Waals surface area contributed by atoms with E-state index in [1.165, 1.54) is 38.5 Å². The second-order valence-corrected chi connectivity index (χ2v) is 14.1. The van der Waals surface area contributed by atoms with Crippen LogP contribution in [-0.4, -0.2) is 52.4 Å². The molecule has 0 radical (unpaired) electrons. The van der Waals surface area contributed by atoms with Gasteiger partial charge >= 0.3 is 6.61 Å². The number of fused-ring (bicyclic) bond motifs is 9. The molecule has 6 rings (SSSR count). The molecule has 2 bridgehead atoms. The van der Waals surface area contributed by atoms with Gasteiger partial charge in [0.1, 0.15) is 24.1 Å². The zero-order valence-electron chi connectivity index (χ0n) is 24.4. The topological polar surface area (TPSA) is 84.7 Å². The molecule has 1 amide bonds. The average molecular weight is 555 g/mol. The van der Waals surface area contributed by atoms with Gasteiger partial charge in [0, 0.05) is 28.6 Å². The first-order valence-electron chi connectivity index (χ1n) is 13.9. The van der Waals surface area contributed by atoms with E-state index in [1.54, 1.807) is 18.2 Å². The molecule has 0 saturated heterocycles. The summed E-state index contributed by atoms with van der Waals surface area (Å²) in [5, 5.41) is 9.38. The third kappa shape index (κ3) is 3.90. The van der Waals surface area contributed by atoms with Crippen molar-refractivity contribution < 1.29 is 32.1 Å². The molecule has 10 heteroatoms. The lowest BCUT2D eigenvalue weighted by Gasteiger charge is -2.28. The Hall–Kier alpha value is -3.55. The van der Waals surface area contributed by atoms with Crippen LogP contribution in [0.25, 0.3) is 22.2 Å². The molecule has 0 aliphatic carbocycles. The monoisotopic (exact) mass is 554 g/mol. The number of halogens is 2. The highest BCUT2D eigenvalue weighted by Crippen LogP contribution is 2.56. The minimum atomic E-state index is -3.14. The van der Waals surface area contributed by atoms with Crippen molar-refractivity contribution in [3.8, 4) is 16.9 Å². The fourth-order valence-corrected chi connectivity index (χ4v) is 6.35. The minimum absolute atomic E-state index is 0.00721. The number of imidazole rings is 1. The van der Waals surface area contributed by atoms with Gasteiger partial charge in [-0.25, -0.2) is 4.98 Å². The molecule has 3 aromatic carbocycles. The second kappa shape index (κ2) is 8.73. The average Bonchev–Trinajstić information content (AvgIpc) is 3.40. The van der Waals surface area contributed by atoms with Gasteiger partial charge in [-0.3, -0.25) is 4.79 Å². The highest BCUT2D eigenvalue weighted by molar-refractivity contribution is 7.63. The van der Waals surface area contributed by atoms with E-state index in [0.29, 0.717) is 22.4 Å². The summed E-state index contributed by atoms with van der Waals surface area (Å²) in [7, 11) is -2.87. The molecule has 0 spiro atoms. The van der Waals surface area contributed by atoms with Gasteiger partial charge < -0.3 is 23.9 Å². The van der Waals surface area contributed by atoms with Crippen LogP contribution in [0.3, 0.4) is 0 Å². The highest BCUT2D eigenvalue weighted by Gasteiger charge is 2.45. The van der Waals surface area contributed by atoms with Crippen LogP contribution in [0.1, 0.15) is 56.8 Å². The van der Waals surface area contributed by atoms with Crippen LogP contribution in [0.5, 0.6) is 5.75 Å². The summed E-state index contributed by atoms with van der Waals surface area (Å²) in [5.41, 5.74) is 3.48. The summed E-state index contributed by atoms with van der Waals surface area (Å²) in [6.07, 6.45) is 0.126. The van der Waals surface area contributed by atoms with E-state index in [2.05, 4.69) is 0 Å². The van der Waals surface area contributed by atoms with Crippen LogP contribution in [0, 0.1) is 0 Å². The fourth-order valence-electron chi connectivity index (χ4n) is 5.58. The summed E-state index contributed by atoms with van der Waals surface area (Å²) in [5.74, 6) is -0.636. The molecular weight excluding hydrogens is 523 g/mol. The Labute approximate surface area is 228 Å². The number of carbonyl (C=O) groups excluding carboxylic acids is 1. The zero-order chi connectivity index (χ0) is 30.4. The van der Waals surface area contributed by atoms with Crippen LogP contribution in [0.15, 0.2) is 60.7 Å². The second-order valence-electron chi connectivity index (χ2n) is 10.5. The Morgan fingerprint density at radius 1 is 1.13 bits per heavy atom. The number of amides is 1. The lowest BCUT2D eigenvalue weighted by Crippen LogP contribution is -2.30. The fraction of sp³-hybridized carbons (Fsp3) is 0.310. The van der Waals surface area contributed by atoms with E-state index in [-0.39, 0.29) is 23.3 Å². The minimum Gasteiger partial charge on any atom is -0.434 e. The van der Waals surface area contributed by atoms with Crippen molar-refractivity contribution in [3.63, 3.8) is 0 Å². The molecule has 3 atom stereocenters. The van der Waals surface area contributed by atoms with E-state index >= 15 is 0 Å². The Morgan fingerprint density at radius 3 is 2.51 bits per heavy atom. The summed E-state index contributed by atoms with van der Waals surface area (Å²) >= 11 is 0. The maximum Gasteiger partial charge on any atom is 0.387 e. The van der Waals surface area contributed by atoms with Crippen molar-refractivity contribution >= 4 is 24.1 Å². The standard InChI is InChI=1S/C29H28F2N3O4P/c1-29(36,39(3,4)37)18-11-8-16(9-12-18)17-10-13-20-21(14-17)34-22-15-23(26(34)32-20)33(2)27(35)19-6-5-7-24(25(19)22)38-28(30)31/h5-14,22-23,28,36H,15H2,1-4H3/t22-,23-,29+/m1/s1/i2D3. The van der Waals surface area contributed by atoms with E-state index in [0.717, 1.165) is 16.0 Å². The lowest BCUT2D eigenvalue weighted by molar-refractivity contribution is -0.0507. The molecule has 4 aromatic rings. The summed E-state index contributed by atoms with van der Waals surface area (Å²) in [6.45, 7) is -1.36. The molecular formula is C29H28F2N3O4P. The number of nitrogens with zero attached hydrogens (tertiary/aromatic N) is 3. The van der Waals surface area contributed by atoms with Crippen molar-refractivity contribution in [2.75, 3.05) is 20.3 Å². The maximum atomic E-state index is 13.6. The molecule has 2 aliphatic heterocycles. The van der Waals surface area contributed by atoms with Gasteiger partial charge in [0.25, 0.3) is 5.91 Å². The van der Waals surface area contributed by atoms with Gasteiger partial charge in [0.15, 0.2) is 0 Å². The molecule has 3 heterocycles. The number of alkyl halides is 2. The van der Waals surface area contributed by atoms with Crippen LogP contribution in [0.4, 0.5) is 8.78 Å². The van der Waals surface area contributed by atoms with Crippen LogP contribution >= 0.6 is 7.14 Å². The molecule has 39 heavy (non-hydrogen) atoms. The number of aliphatic hydroxyl groups is 1. The maximum absolute atomic E-state index is 13.6. The van der Waals surface area contributed by atoms with Gasteiger partial charge in [0.2, 0.25) is 0 Å². The van der Waals surface area contributed by atoms with Crippen molar-refractivity contribution in [3.05, 3.63) is 83.2 Å². The van der Waals surface area contributed by atoms with Gasteiger partial charge in [-0.05, 0) is 61.2 Å². The smallest absolute Gasteiger partial charge is 0.387 e. The zero-order valence-corrected chi connectivity index (χ0v) is 22.3. The van der Waals surface area contributed by atoms with Crippen molar-refractivity contribution in [2.45, 2.75) is 37.4 Å². The van der Waals surface area contributed by atoms with Gasteiger partial charge in [-0.2, -0.15) is 8.78 Å². The molecule has 0 saturated carbocycles. The van der Waals surface area contributed by atoms with Gasteiger partial charge in [0.05, 0.1) is 23.1 Å². The number of rotatable bonds is 5. The number of hydrogen-bond donors (Lipinski definition) is 1. The summed E-state index contributed by atoms with van der Waals surface area (Å²) in [4.78, 5) is 19.1. The number of benzene rings is 3. The lowest BCUT2D eigenvalue weighted by atomic mass is 9.97. The Balaban J connectivity index is 1.52. The van der Waals surface area contributed by atoms with E-state index in [4.69, 9.17) is 13.8 Å². The van der Waals surface area contributed by atoms with Crippen molar-refractivity contribution in [2.24, 2.45) is 0 Å². The van der Waals surface area contributed by atoms with Gasteiger partial charge in [-0.1, -0.05) is 36.4 Å². The molecule has 202 valence electrons. The van der Waals surface area contributed by atoms with Crippen LogP contribution in [0.2, 0.25) is 0 Å². The van der Waals surface area contributed by atoms with E-state index in [1.807, 2.05) is 28.8 Å². The highest BCUT2D eigenvalue weighted by atomic mass is 31.2. The first-order valence-corrected chi connectivity index (χ1v) is 15.0. The normalized spacial score (nSPS) is 21.6. The molecule has 2 aliphatic rings. The predicted molar refractivity (Wildman–Crippen MR) is 145 cm³/mol. The molecule has 1 aromatic heterocycles. The Bertz CT molecular complexity index is 1780. The quantitative estimate of drug-likeness (QED) is 0.297. The molecule has 0 unspecified atom stereocenters. The SMILES string of the molecule is [2H]C([2H])([2H])N1C(=O)c2cccc(OC(F)F)c2[C@H]2C[C@@H]1c1nc3ccc(-c4ccc([C@@](C)(O)P(C)(C)=O)cc4)cc3n12. The summed E-state index contributed by atoms with van der Waals surface area (Å²) in [6, 6.07) is 15.1. The van der Waals surface area contributed by atoms with E-state index < -0.39 is 44.1 Å². The van der Waals surface area contributed by atoms with Gasteiger partial charge in [-0.15, -0.1) is 0 Å². The van der Waals surface area contributed by atoms with Crippen molar-refractivity contribution in [1.82, 2.24) is 14.5 Å². The van der Waals surface area contributed by atoms with Crippen LogP contribution in [-0.2, 0) is 9.91 Å². The number of aromatic nitrogens is 2. The predicted octanol–water partition coefficient (Wildman–Crippen LogP) is 6.21. The first kappa shape index (κ1) is 22.3. The molecule has 7 nitrogen and oxygen atoms in total. The number of hydrogen-bond acceptors (Lipinski definition) is 5. The van der Waals surface area contributed by atoms with Crippen molar-refractivity contribution in [1.29, 1.82) is 0 Å². The third-order valence-electron chi connectivity index (χ3n) is 7.96. The Kier molecular flexibility index (Phi) is 4.99. The Morgan fingerprint density at radius 2 is 1.85 bits per heavy atom. The number of carbonyl (C=O) groups is 1. The van der Waals surface area contributed by atoms with Crippen LogP contribution < -0.4 is 4.74 Å². The molecule has 0 fully saturated rings. The molecule has 1 N–H and O–H groups in total. The first-order chi connectivity index (χ1) is 19.6. The van der Waals surface area contributed by atoms with E-state index in [9.17, 15) is 23.2 Å². The summed E-state index contributed by atoms with van der Waals surface area (Å²) < 4.78 is 70.6.